The Bertz CT molecular complexity index is 615. The van der Waals surface area contributed by atoms with Crippen molar-refractivity contribution in [2.45, 2.75) is 26.0 Å². The van der Waals surface area contributed by atoms with Gasteiger partial charge in [-0.2, -0.15) is 5.10 Å². The van der Waals surface area contributed by atoms with E-state index in [0.717, 1.165) is 16.9 Å². The van der Waals surface area contributed by atoms with Gasteiger partial charge in [-0.05, 0) is 32.0 Å². The first-order chi connectivity index (χ1) is 10.5. The minimum Gasteiger partial charge on any atom is -0.389 e. The van der Waals surface area contributed by atoms with Gasteiger partial charge in [0.2, 0.25) is 0 Å². The SMILES string of the molecule is COCC(O)CNC(C)c1cnn(-c2cccc(Cl)c2)c1C. The predicted octanol–water partition coefficient (Wildman–Crippen LogP) is 2.49. The van der Waals surface area contributed by atoms with Crippen LogP contribution in [0.1, 0.15) is 24.2 Å². The van der Waals surface area contributed by atoms with Gasteiger partial charge in [0.1, 0.15) is 0 Å². The van der Waals surface area contributed by atoms with Gasteiger partial charge >= 0.3 is 0 Å². The van der Waals surface area contributed by atoms with Gasteiger partial charge in [-0.25, -0.2) is 4.68 Å². The lowest BCUT2D eigenvalue weighted by Gasteiger charge is -2.17. The molecule has 0 saturated heterocycles. The van der Waals surface area contributed by atoms with Gasteiger partial charge in [-0.1, -0.05) is 17.7 Å². The highest BCUT2D eigenvalue weighted by molar-refractivity contribution is 6.30. The van der Waals surface area contributed by atoms with E-state index in [2.05, 4.69) is 10.4 Å². The highest BCUT2D eigenvalue weighted by atomic mass is 35.5. The number of nitrogens with one attached hydrogen (secondary N) is 1. The maximum atomic E-state index is 9.71. The molecule has 0 aliphatic carbocycles. The molecule has 0 radical (unpaired) electrons. The third-order valence-corrected chi connectivity index (χ3v) is 3.82. The molecule has 0 aliphatic rings. The second-order valence-corrected chi connectivity index (χ2v) is 5.75. The zero-order valence-corrected chi connectivity index (χ0v) is 13.8. The van der Waals surface area contributed by atoms with Crippen molar-refractivity contribution < 1.29 is 9.84 Å². The lowest BCUT2D eigenvalue weighted by molar-refractivity contribution is 0.0630. The molecule has 0 amide bonds. The van der Waals surface area contributed by atoms with Crippen molar-refractivity contribution >= 4 is 11.6 Å². The summed E-state index contributed by atoms with van der Waals surface area (Å²) in [5.41, 5.74) is 3.07. The van der Waals surface area contributed by atoms with Crippen LogP contribution < -0.4 is 5.32 Å². The van der Waals surface area contributed by atoms with E-state index in [0.29, 0.717) is 18.2 Å². The fraction of sp³-hybridized carbons (Fsp3) is 0.438. The van der Waals surface area contributed by atoms with Crippen molar-refractivity contribution in [1.82, 2.24) is 15.1 Å². The first kappa shape index (κ1) is 17.0. The van der Waals surface area contributed by atoms with Crippen LogP contribution in [0.15, 0.2) is 30.5 Å². The fourth-order valence-corrected chi connectivity index (χ4v) is 2.57. The molecule has 1 aromatic heterocycles. The number of nitrogens with zero attached hydrogens (tertiary/aromatic N) is 2. The van der Waals surface area contributed by atoms with Crippen LogP contribution in [0, 0.1) is 6.92 Å². The number of halogens is 1. The van der Waals surface area contributed by atoms with Crippen LogP contribution >= 0.6 is 11.6 Å². The average molecular weight is 324 g/mol. The summed E-state index contributed by atoms with van der Waals surface area (Å²) in [6.07, 6.45) is 1.33. The van der Waals surface area contributed by atoms with Crippen molar-refractivity contribution in [1.29, 1.82) is 0 Å². The van der Waals surface area contributed by atoms with E-state index in [4.69, 9.17) is 16.3 Å². The lowest BCUT2D eigenvalue weighted by Crippen LogP contribution is -2.32. The van der Waals surface area contributed by atoms with Gasteiger partial charge in [0.25, 0.3) is 0 Å². The Hall–Kier alpha value is -1.40. The normalized spacial score (nSPS) is 14.0. The average Bonchev–Trinajstić information content (AvgIpc) is 2.87. The minimum atomic E-state index is -0.518. The topological polar surface area (TPSA) is 59.3 Å². The summed E-state index contributed by atoms with van der Waals surface area (Å²) in [5.74, 6) is 0. The maximum absolute atomic E-state index is 9.71. The Morgan fingerprint density at radius 1 is 1.45 bits per heavy atom. The van der Waals surface area contributed by atoms with Gasteiger partial charge in [0, 0.05) is 36.0 Å². The molecule has 0 fully saturated rings. The largest absolute Gasteiger partial charge is 0.389 e. The van der Waals surface area contributed by atoms with Crippen molar-refractivity contribution in [3.8, 4) is 5.69 Å². The van der Waals surface area contributed by atoms with Gasteiger partial charge in [0.05, 0.1) is 24.6 Å². The molecule has 5 nitrogen and oxygen atoms in total. The summed E-state index contributed by atoms with van der Waals surface area (Å²) in [6.45, 7) is 4.86. The molecule has 2 rings (SSSR count). The molecule has 0 bridgehead atoms. The van der Waals surface area contributed by atoms with Gasteiger partial charge in [0.15, 0.2) is 0 Å². The first-order valence-electron chi connectivity index (χ1n) is 7.23. The van der Waals surface area contributed by atoms with E-state index in [1.807, 2.05) is 49.0 Å². The molecule has 0 aliphatic heterocycles. The number of aromatic nitrogens is 2. The van der Waals surface area contributed by atoms with E-state index in [-0.39, 0.29) is 6.04 Å². The van der Waals surface area contributed by atoms with Gasteiger partial charge < -0.3 is 15.2 Å². The molecular formula is C16H22ClN3O2. The van der Waals surface area contributed by atoms with Gasteiger partial charge in [-0.3, -0.25) is 0 Å². The molecule has 22 heavy (non-hydrogen) atoms. The Labute approximate surface area is 135 Å². The Kier molecular flexibility index (Phi) is 5.97. The number of aliphatic hydroxyl groups is 1. The number of ether oxygens (including phenoxy) is 1. The lowest BCUT2D eigenvalue weighted by atomic mass is 10.1. The summed E-state index contributed by atoms with van der Waals surface area (Å²) >= 11 is 6.04. The number of hydrogen-bond donors (Lipinski definition) is 2. The molecule has 2 unspecified atom stereocenters. The second-order valence-electron chi connectivity index (χ2n) is 5.32. The Morgan fingerprint density at radius 2 is 2.23 bits per heavy atom. The van der Waals surface area contributed by atoms with E-state index in [9.17, 15) is 5.11 Å². The number of methoxy groups -OCH3 is 1. The van der Waals surface area contributed by atoms with E-state index in [1.165, 1.54) is 0 Å². The summed E-state index contributed by atoms with van der Waals surface area (Å²) < 4.78 is 6.79. The third-order valence-electron chi connectivity index (χ3n) is 3.59. The smallest absolute Gasteiger partial charge is 0.0897 e. The Morgan fingerprint density at radius 3 is 2.91 bits per heavy atom. The molecular weight excluding hydrogens is 302 g/mol. The molecule has 2 aromatic rings. The van der Waals surface area contributed by atoms with Crippen molar-refractivity contribution in [3.05, 3.63) is 46.7 Å². The maximum Gasteiger partial charge on any atom is 0.0897 e. The quantitative estimate of drug-likeness (QED) is 0.822. The van der Waals surface area contributed by atoms with Crippen LogP contribution in [0.2, 0.25) is 5.02 Å². The molecule has 1 heterocycles. The van der Waals surface area contributed by atoms with Crippen LogP contribution in [0.5, 0.6) is 0 Å². The zero-order chi connectivity index (χ0) is 16.1. The number of rotatable bonds is 7. The first-order valence-corrected chi connectivity index (χ1v) is 7.61. The van der Waals surface area contributed by atoms with Crippen LogP contribution in [0.25, 0.3) is 5.69 Å². The van der Waals surface area contributed by atoms with E-state index in [1.54, 1.807) is 7.11 Å². The molecule has 2 atom stereocenters. The van der Waals surface area contributed by atoms with E-state index < -0.39 is 6.10 Å². The van der Waals surface area contributed by atoms with Crippen LogP contribution in [0.4, 0.5) is 0 Å². The van der Waals surface area contributed by atoms with Crippen molar-refractivity contribution in [2.24, 2.45) is 0 Å². The number of hydrogen-bond acceptors (Lipinski definition) is 4. The fourth-order valence-electron chi connectivity index (χ4n) is 2.39. The highest BCUT2D eigenvalue weighted by Crippen LogP contribution is 2.21. The van der Waals surface area contributed by atoms with Gasteiger partial charge in [-0.15, -0.1) is 0 Å². The highest BCUT2D eigenvalue weighted by Gasteiger charge is 2.15. The number of benzene rings is 1. The molecule has 0 spiro atoms. The molecule has 6 heteroatoms. The van der Waals surface area contributed by atoms with Crippen LogP contribution in [-0.4, -0.2) is 41.3 Å². The zero-order valence-electron chi connectivity index (χ0n) is 13.1. The molecule has 1 aromatic carbocycles. The third kappa shape index (κ3) is 4.08. The summed E-state index contributed by atoms with van der Waals surface area (Å²) in [7, 11) is 1.58. The van der Waals surface area contributed by atoms with Crippen LogP contribution in [0.3, 0.4) is 0 Å². The van der Waals surface area contributed by atoms with Crippen molar-refractivity contribution in [2.75, 3.05) is 20.3 Å². The standard InChI is InChI=1S/C16H22ClN3O2/c1-11(18-8-15(21)10-22-3)16-9-19-20(12(16)2)14-6-4-5-13(17)7-14/h4-7,9,11,15,18,21H,8,10H2,1-3H3. The Balaban J connectivity index is 2.10. The molecule has 2 N–H and O–H groups in total. The molecule has 0 saturated carbocycles. The summed E-state index contributed by atoms with van der Waals surface area (Å²) in [4.78, 5) is 0. The summed E-state index contributed by atoms with van der Waals surface area (Å²) in [6, 6.07) is 7.68. The predicted molar refractivity (Wildman–Crippen MR) is 87.6 cm³/mol. The number of aliphatic hydroxyl groups excluding tert-OH is 1. The molecule has 120 valence electrons. The monoisotopic (exact) mass is 323 g/mol. The second kappa shape index (κ2) is 7.74. The van der Waals surface area contributed by atoms with Crippen LogP contribution in [-0.2, 0) is 4.74 Å². The van der Waals surface area contributed by atoms with Crippen molar-refractivity contribution in [3.63, 3.8) is 0 Å². The van der Waals surface area contributed by atoms with E-state index >= 15 is 0 Å². The minimum absolute atomic E-state index is 0.0828. The summed E-state index contributed by atoms with van der Waals surface area (Å²) in [5, 5.41) is 18.1.